The average molecular weight is 204 g/mol. The zero-order chi connectivity index (χ0) is 10.5. The minimum absolute atomic E-state index is 0.0132. The highest BCUT2D eigenvalue weighted by molar-refractivity contribution is 5.14. The Morgan fingerprint density at radius 3 is 2.60 bits per heavy atom. The number of rotatable bonds is 4. The van der Waals surface area contributed by atoms with Crippen molar-refractivity contribution in [2.45, 2.75) is 44.6 Å². The fourth-order valence-electron chi connectivity index (χ4n) is 2.57. The summed E-state index contributed by atoms with van der Waals surface area (Å²) < 4.78 is 0. The lowest BCUT2D eigenvalue weighted by Gasteiger charge is -2.13. The van der Waals surface area contributed by atoms with E-state index in [1.165, 1.54) is 31.2 Å². The van der Waals surface area contributed by atoms with Crippen molar-refractivity contribution in [2.75, 3.05) is 0 Å². The Bertz CT molecular complexity index is 281. The third kappa shape index (κ3) is 3.07. The van der Waals surface area contributed by atoms with E-state index in [1.807, 2.05) is 0 Å². The standard InChI is InChI=1S/C14H20O/c15-14-11-5-10-13(14)9-4-8-12-6-2-1-3-7-12/h1-3,6-7,13-15H,4-5,8-11H2/t13-,14+/m0/s1. The lowest BCUT2D eigenvalue weighted by atomic mass is 9.97. The third-order valence-corrected chi connectivity index (χ3v) is 3.50. The number of aliphatic hydroxyl groups excluding tert-OH is 1. The SMILES string of the molecule is O[C@@H]1CCC[C@@H]1CCCc1ccccc1. The predicted octanol–water partition coefficient (Wildman–Crippen LogP) is 3.17. The Labute approximate surface area is 92.1 Å². The van der Waals surface area contributed by atoms with Crippen LogP contribution in [0.4, 0.5) is 0 Å². The Kier molecular flexibility index (Phi) is 3.79. The van der Waals surface area contributed by atoms with Crippen LogP contribution in [-0.4, -0.2) is 11.2 Å². The van der Waals surface area contributed by atoms with Crippen molar-refractivity contribution in [2.24, 2.45) is 5.92 Å². The quantitative estimate of drug-likeness (QED) is 0.798. The largest absolute Gasteiger partial charge is 0.393 e. The van der Waals surface area contributed by atoms with Crippen LogP contribution in [0, 0.1) is 5.92 Å². The van der Waals surface area contributed by atoms with Crippen LogP contribution >= 0.6 is 0 Å². The molecule has 82 valence electrons. The lowest BCUT2D eigenvalue weighted by molar-refractivity contribution is 0.127. The van der Waals surface area contributed by atoms with Gasteiger partial charge in [0.1, 0.15) is 0 Å². The van der Waals surface area contributed by atoms with Crippen molar-refractivity contribution in [1.29, 1.82) is 0 Å². The van der Waals surface area contributed by atoms with E-state index in [-0.39, 0.29) is 6.10 Å². The Morgan fingerprint density at radius 2 is 1.93 bits per heavy atom. The third-order valence-electron chi connectivity index (χ3n) is 3.50. The molecule has 0 bridgehead atoms. The van der Waals surface area contributed by atoms with Gasteiger partial charge in [0.05, 0.1) is 6.10 Å². The molecule has 0 amide bonds. The molecule has 1 heteroatoms. The van der Waals surface area contributed by atoms with Crippen LogP contribution in [0.5, 0.6) is 0 Å². The van der Waals surface area contributed by atoms with Crippen molar-refractivity contribution < 1.29 is 5.11 Å². The Balaban J connectivity index is 1.71. The summed E-state index contributed by atoms with van der Waals surface area (Å²) >= 11 is 0. The predicted molar refractivity (Wildman–Crippen MR) is 62.7 cm³/mol. The summed E-state index contributed by atoms with van der Waals surface area (Å²) in [5, 5.41) is 9.69. The first-order valence-electron chi connectivity index (χ1n) is 6.08. The average Bonchev–Trinajstić information content (AvgIpc) is 2.66. The molecule has 2 atom stereocenters. The maximum absolute atomic E-state index is 9.69. The molecule has 1 aromatic carbocycles. The molecular weight excluding hydrogens is 184 g/mol. The summed E-state index contributed by atoms with van der Waals surface area (Å²) in [5.74, 6) is 0.578. The van der Waals surface area contributed by atoms with Gasteiger partial charge in [-0.05, 0) is 43.6 Å². The van der Waals surface area contributed by atoms with Crippen LogP contribution in [0.25, 0.3) is 0 Å². The maximum Gasteiger partial charge on any atom is 0.0568 e. The van der Waals surface area contributed by atoms with Crippen molar-refractivity contribution in [3.8, 4) is 0 Å². The van der Waals surface area contributed by atoms with E-state index in [0.29, 0.717) is 5.92 Å². The second-order valence-electron chi connectivity index (χ2n) is 4.64. The summed E-state index contributed by atoms with van der Waals surface area (Å²) in [6.45, 7) is 0. The molecule has 1 nitrogen and oxygen atoms in total. The molecule has 2 rings (SSSR count). The van der Waals surface area contributed by atoms with Crippen LogP contribution in [0.15, 0.2) is 30.3 Å². The first-order chi connectivity index (χ1) is 7.36. The number of aliphatic hydroxyl groups is 1. The topological polar surface area (TPSA) is 20.2 Å². The molecule has 1 saturated carbocycles. The van der Waals surface area contributed by atoms with E-state index in [9.17, 15) is 5.11 Å². The highest BCUT2D eigenvalue weighted by Crippen LogP contribution is 2.29. The van der Waals surface area contributed by atoms with Gasteiger partial charge >= 0.3 is 0 Å². The molecule has 0 spiro atoms. The van der Waals surface area contributed by atoms with E-state index in [0.717, 1.165) is 12.8 Å². The van der Waals surface area contributed by atoms with Crippen molar-refractivity contribution >= 4 is 0 Å². The number of hydrogen-bond donors (Lipinski definition) is 1. The fourth-order valence-corrected chi connectivity index (χ4v) is 2.57. The van der Waals surface area contributed by atoms with Gasteiger partial charge in [-0.15, -0.1) is 0 Å². The van der Waals surface area contributed by atoms with Gasteiger partial charge in [-0.1, -0.05) is 36.8 Å². The summed E-state index contributed by atoms with van der Waals surface area (Å²) in [6, 6.07) is 10.6. The van der Waals surface area contributed by atoms with Crippen molar-refractivity contribution in [3.05, 3.63) is 35.9 Å². The summed E-state index contributed by atoms with van der Waals surface area (Å²) in [7, 11) is 0. The zero-order valence-electron chi connectivity index (χ0n) is 9.23. The highest BCUT2D eigenvalue weighted by Gasteiger charge is 2.24. The zero-order valence-corrected chi connectivity index (χ0v) is 9.23. The minimum Gasteiger partial charge on any atom is -0.393 e. The normalized spacial score (nSPS) is 25.7. The lowest BCUT2D eigenvalue weighted by Crippen LogP contribution is -2.12. The molecular formula is C14H20O. The van der Waals surface area contributed by atoms with Crippen LogP contribution in [0.3, 0.4) is 0 Å². The van der Waals surface area contributed by atoms with Gasteiger partial charge in [0, 0.05) is 0 Å². The monoisotopic (exact) mass is 204 g/mol. The van der Waals surface area contributed by atoms with Crippen molar-refractivity contribution in [1.82, 2.24) is 0 Å². The molecule has 0 aromatic heterocycles. The van der Waals surface area contributed by atoms with Gasteiger partial charge in [-0.2, -0.15) is 0 Å². The molecule has 0 heterocycles. The van der Waals surface area contributed by atoms with Gasteiger partial charge in [0.15, 0.2) is 0 Å². The fraction of sp³-hybridized carbons (Fsp3) is 0.571. The maximum atomic E-state index is 9.69. The summed E-state index contributed by atoms with van der Waals surface area (Å²) in [4.78, 5) is 0. The smallest absolute Gasteiger partial charge is 0.0568 e. The Morgan fingerprint density at radius 1 is 1.13 bits per heavy atom. The van der Waals surface area contributed by atoms with Gasteiger partial charge in [-0.25, -0.2) is 0 Å². The molecule has 1 aromatic rings. The van der Waals surface area contributed by atoms with Crippen LogP contribution in [0.1, 0.15) is 37.7 Å². The van der Waals surface area contributed by atoms with E-state index < -0.39 is 0 Å². The van der Waals surface area contributed by atoms with E-state index in [1.54, 1.807) is 0 Å². The number of hydrogen-bond acceptors (Lipinski definition) is 1. The Hall–Kier alpha value is -0.820. The molecule has 0 aliphatic heterocycles. The van der Waals surface area contributed by atoms with E-state index in [4.69, 9.17) is 0 Å². The second kappa shape index (κ2) is 5.32. The van der Waals surface area contributed by atoms with Gasteiger partial charge in [0.25, 0.3) is 0 Å². The van der Waals surface area contributed by atoms with Crippen LogP contribution in [-0.2, 0) is 6.42 Å². The number of benzene rings is 1. The molecule has 0 unspecified atom stereocenters. The molecule has 0 radical (unpaired) electrons. The summed E-state index contributed by atoms with van der Waals surface area (Å²) in [6.07, 6.45) is 7.02. The summed E-state index contributed by atoms with van der Waals surface area (Å²) in [5.41, 5.74) is 1.42. The number of aryl methyl sites for hydroxylation is 1. The second-order valence-corrected chi connectivity index (χ2v) is 4.64. The first-order valence-corrected chi connectivity index (χ1v) is 6.08. The molecule has 0 saturated heterocycles. The van der Waals surface area contributed by atoms with Gasteiger partial charge in [0.2, 0.25) is 0 Å². The van der Waals surface area contributed by atoms with Crippen molar-refractivity contribution in [3.63, 3.8) is 0 Å². The van der Waals surface area contributed by atoms with Gasteiger partial charge in [-0.3, -0.25) is 0 Å². The van der Waals surface area contributed by atoms with Gasteiger partial charge < -0.3 is 5.11 Å². The van der Waals surface area contributed by atoms with E-state index >= 15 is 0 Å². The highest BCUT2D eigenvalue weighted by atomic mass is 16.3. The van der Waals surface area contributed by atoms with E-state index in [2.05, 4.69) is 30.3 Å². The van der Waals surface area contributed by atoms with Crippen LogP contribution < -0.4 is 0 Å². The molecule has 15 heavy (non-hydrogen) atoms. The molecule has 1 fully saturated rings. The minimum atomic E-state index is -0.0132. The van der Waals surface area contributed by atoms with Crippen LogP contribution in [0.2, 0.25) is 0 Å². The molecule has 1 aliphatic rings. The molecule has 1 aliphatic carbocycles. The molecule has 1 N–H and O–H groups in total. The first kappa shape index (κ1) is 10.7.